The second kappa shape index (κ2) is 63.6. The topological polar surface area (TPSA) is 237 Å². The van der Waals surface area contributed by atoms with Gasteiger partial charge in [0.1, 0.15) is 19.3 Å². The van der Waals surface area contributed by atoms with Crippen LogP contribution in [0.3, 0.4) is 0 Å². The molecule has 19 heteroatoms. The first-order valence-electron chi connectivity index (χ1n) is 36.8. The molecule has 0 aromatic rings. The molecule has 0 aliphatic heterocycles. The molecular weight excluding hydrogens is 1200 g/mol. The fraction of sp³-hybridized carbons (Fsp3) is 0.889. The molecule has 0 aliphatic carbocycles. The molecule has 0 fully saturated rings. The Hall–Kier alpha value is -2.46. The predicted octanol–water partition coefficient (Wildman–Crippen LogP) is 20.3. The maximum Gasteiger partial charge on any atom is 0.472 e. The summed E-state index contributed by atoms with van der Waals surface area (Å²) in [5, 5.41) is 10.6. The Kier molecular flexibility index (Phi) is 61.9. The molecule has 0 rings (SSSR count). The van der Waals surface area contributed by atoms with Gasteiger partial charge < -0.3 is 33.8 Å². The van der Waals surface area contributed by atoms with Crippen LogP contribution in [-0.4, -0.2) is 96.7 Å². The maximum absolute atomic E-state index is 13.0. The molecular formula is C72H136O17P2. The molecule has 3 unspecified atom stereocenters. The number of allylic oxidation sites excluding steroid dienone is 4. The SMILES string of the molecule is CCCCCC/C=C\C=C/CCCCCCCC(=O)O[C@H](COC(=O)CCCCCCCCCCCCCCCC)COP(=O)(O)OC[C@@H](O)COP(=O)(O)OC[C@@H](COC(=O)CCCCCCCCCC(C)C)OC(=O)CCCCCCCCCCC(C)CC. The summed E-state index contributed by atoms with van der Waals surface area (Å²) in [5.41, 5.74) is 0. The molecule has 0 saturated heterocycles. The number of ether oxygens (including phenoxy) is 4. The minimum Gasteiger partial charge on any atom is -0.462 e. The Morgan fingerprint density at radius 2 is 0.648 bits per heavy atom. The molecule has 0 aliphatic rings. The van der Waals surface area contributed by atoms with Crippen molar-refractivity contribution >= 4 is 39.5 Å². The van der Waals surface area contributed by atoms with E-state index in [9.17, 15) is 43.2 Å². The van der Waals surface area contributed by atoms with Crippen LogP contribution in [0.5, 0.6) is 0 Å². The molecule has 0 amide bonds. The number of aliphatic hydroxyl groups excluding tert-OH is 1. The lowest BCUT2D eigenvalue weighted by atomic mass is 9.99. The van der Waals surface area contributed by atoms with Crippen LogP contribution in [0.25, 0.3) is 0 Å². The highest BCUT2D eigenvalue weighted by Gasteiger charge is 2.30. The fourth-order valence-corrected chi connectivity index (χ4v) is 12.0. The largest absolute Gasteiger partial charge is 0.472 e. The third kappa shape index (κ3) is 64.6. The molecule has 0 heterocycles. The highest BCUT2D eigenvalue weighted by molar-refractivity contribution is 7.47. The molecule has 3 N–H and O–H groups in total. The van der Waals surface area contributed by atoms with Crippen molar-refractivity contribution in [1.29, 1.82) is 0 Å². The number of aliphatic hydroxyl groups is 1. The molecule has 0 aromatic carbocycles. The first-order valence-corrected chi connectivity index (χ1v) is 39.8. The van der Waals surface area contributed by atoms with Crippen LogP contribution in [0, 0.1) is 11.8 Å². The molecule has 17 nitrogen and oxygen atoms in total. The van der Waals surface area contributed by atoms with Gasteiger partial charge in [-0.05, 0) is 63.2 Å². The highest BCUT2D eigenvalue weighted by atomic mass is 31.2. The first kappa shape index (κ1) is 88.5. The van der Waals surface area contributed by atoms with Gasteiger partial charge in [-0.3, -0.25) is 37.3 Å². The summed E-state index contributed by atoms with van der Waals surface area (Å²) >= 11 is 0. The number of rotatable bonds is 69. The average Bonchev–Trinajstić information content (AvgIpc) is 3.22. The van der Waals surface area contributed by atoms with E-state index in [2.05, 4.69) is 65.8 Å². The summed E-state index contributed by atoms with van der Waals surface area (Å²) in [6.45, 7) is 9.43. The van der Waals surface area contributed by atoms with Crippen molar-refractivity contribution < 1.29 is 80.2 Å². The lowest BCUT2D eigenvalue weighted by Gasteiger charge is -2.21. The van der Waals surface area contributed by atoms with Gasteiger partial charge in [0.15, 0.2) is 12.2 Å². The molecule has 91 heavy (non-hydrogen) atoms. The van der Waals surface area contributed by atoms with Gasteiger partial charge in [0.25, 0.3) is 0 Å². The quantitative estimate of drug-likeness (QED) is 0.0169. The van der Waals surface area contributed by atoms with Crippen molar-refractivity contribution in [3.63, 3.8) is 0 Å². The molecule has 0 bridgehead atoms. The minimum absolute atomic E-state index is 0.0851. The van der Waals surface area contributed by atoms with Crippen LogP contribution in [0.15, 0.2) is 24.3 Å². The van der Waals surface area contributed by atoms with E-state index in [1.165, 1.54) is 141 Å². The van der Waals surface area contributed by atoms with E-state index in [0.29, 0.717) is 31.6 Å². The highest BCUT2D eigenvalue weighted by Crippen LogP contribution is 2.45. The zero-order valence-corrected chi connectivity index (χ0v) is 60.4. The maximum atomic E-state index is 13.0. The van der Waals surface area contributed by atoms with Gasteiger partial charge in [-0.1, -0.05) is 291 Å². The Morgan fingerprint density at radius 1 is 0.363 bits per heavy atom. The van der Waals surface area contributed by atoms with E-state index >= 15 is 0 Å². The number of phosphoric ester groups is 2. The predicted molar refractivity (Wildman–Crippen MR) is 367 cm³/mol. The van der Waals surface area contributed by atoms with Crippen molar-refractivity contribution in [2.45, 2.75) is 362 Å². The van der Waals surface area contributed by atoms with E-state index in [1.54, 1.807) is 0 Å². The normalized spacial score (nSPS) is 14.6. The van der Waals surface area contributed by atoms with E-state index in [4.69, 9.17) is 37.0 Å². The molecule has 0 radical (unpaired) electrons. The molecule has 0 aromatic heterocycles. The Balaban J connectivity index is 5.30. The Morgan fingerprint density at radius 3 is 0.989 bits per heavy atom. The third-order valence-electron chi connectivity index (χ3n) is 16.4. The summed E-state index contributed by atoms with van der Waals surface area (Å²) in [5.74, 6) is -0.683. The van der Waals surface area contributed by atoms with Crippen molar-refractivity contribution in [3.05, 3.63) is 24.3 Å². The number of hydrogen-bond acceptors (Lipinski definition) is 15. The standard InChI is InChI=1S/C72H136O17P2/c1-7-10-12-14-16-18-20-22-24-26-28-30-37-44-50-56-71(76)88-67(60-82-69(74)54-48-42-36-29-27-25-23-21-19-17-15-13-11-8-2)62-86-90(78,79)84-58-66(73)59-85-91(80,81)87-63-68(61-83-70(75)55-49-43-39-33-34-40-46-52-64(4)5)89-72(77)57-51-45-38-32-31-35-41-47-53-65(6)9-3/h18,20,22,24,64-68,73H,7-17,19,21,23,25-63H2,1-6H3,(H,78,79)(H,80,81)/b20-18-,24-22-/t65?,66-,67-,68-/m1/s1. The first-order chi connectivity index (χ1) is 43.9. The van der Waals surface area contributed by atoms with Crippen molar-refractivity contribution in [2.24, 2.45) is 11.8 Å². The Labute approximate surface area is 554 Å². The zero-order valence-electron chi connectivity index (χ0n) is 58.6. The minimum atomic E-state index is -4.96. The zero-order chi connectivity index (χ0) is 67.2. The van der Waals surface area contributed by atoms with Crippen molar-refractivity contribution in [1.82, 2.24) is 0 Å². The summed E-state index contributed by atoms with van der Waals surface area (Å²) in [6.07, 6.45) is 52.1. The van der Waals surface area contributed by atoms with Gasteiger partial charge in [0.05, 0.1) is 26.4 Å². The fourth-order valence-electron chi connectivity index (χ4n) is 10.4. The van der Waals surface area contributed by atoms with E-state index in [1.807, 2.05) is 0 Å². The van der Waals surface area contributed by atoms with Gasteiger partial charge in [-0.15, -0.1) is 0 Å². The number of phosphoric acid groups is 2. The van der Waals surface area contributed by atoms with E-state index in [0.717, 1.165) is 115 Å². The summed E-state index contributed by atoms with van der Waals surface area (Å²) in [7, 11) is -9.92. The second-order valence-electron chi connectivity index (χ2n) is 26.0. The third-order valence-corrected chi connectivity index (χ3v) is 18.3. The van der Waals surface area contributed by atoms with E-state index < -0.39 is 97.5 Å². The van der Waals surface area contributed by atoms with Gasteiger partial charge in [0.2, 0.25) is 0 Å². The number of esters is 4. The van der Waals surface area contributed by atoms with Crippen LogP contribution >= 0.6 is 15.6 Å². The van der Waals surface area contributed by atoms with Crippen LogP contribution in [-0.2, 0) is 65.4 Å². The van der Waals surface area contributed by atoms with Crippen LogP contribution in [0.1, 0.15) is 343 Å². The number of unbranched alkanes of at least 4 members (excludes halogenated alkanes) is 35. The molecule has 536 valence electrons. The van der Waals surface area contributed by atoms with Crippen LogP contribution < -0.4 is 0 Å². The molecule has 0 spiro atoms. The average molecular weight is 1340 g/mol. The van der Waals surface area contributed by atoms with Crippen molar-refractivity contribution in [2.75, 3.05) is 39.6 Å². The summed E-state index contributed by atoms with van der Waals surface area (Å²) in [4.78, 5) is 72.6. The number of carbonyl (C=O) groups excluding carboxylic acids is 4. The monoisotopic (exact) mass is 1330 g/mol. The van der Waals surface area contributed by atoms with Crippen LogP contribution in [0.4, 0.5) is 0 Å². The van der Waals surface area contributed by atoms with Crippen molar-refractivity contribution in [3.8, 4) is 0 Å². The lowest BCUT2D eigenvalue weighted by Crippen LogP contribution is -2.30. The summed E-state index contributed by atoms with van der Waals surface area (Å²) < 4.78 is 68.3. The van der Waals surface area contributed by atoms with Gasteiger partial charge >= 0.3 is 39.5 Å². The molecule has 6 atom stereocenters. The van der Waals surface area contributed by atoms with Gasteiger partial charge in [0, 0.05) is 25.7 Å². The van der Waals surface area contributed by atoms with Gasteiger partial charge in [-0.25, -0.2) is 9.13 Å². The Bertz CT molecular complexity index is 1860. The number of hydrogen-bond donors (Lipinski definition) is 3. The van der Waals surface area contributed by atoms with E-state index in [-0.39, 0.29) is 25.7 Å². The smallest absolute Gasteiger partial charge is 0.462 e. The van der Waals surface area contributed by atoms with Crippen LogP contribution in [0.2, 0.25) is 0 Å². The lowest BCUT2D eigenvalue weighted by molar-refractivity contribution is -0.161. The molecule has 0 saturated carbocycles. The van der Waals surface area contributed by atoms with Gasteiger partial charge in [-0.2, -0.15) is 0 Å². The summed E-state index contributed by atoms with van der Waals surface area (Å²) in [6, 6.07) is 0. The number of carbonyl (C=O) groups is 4. The second-order valence-corrected chi connectivity index (χ2v) is 28.9.